The Balaban J connectivity index is 1.66. The molecule has 0 spiro atoms. The topological polar surface area (TPSA) is 84.7 Å². The van der Waals surface area contributed by atoms with Crippen molar-refractivity contribution in [3.63, 3.8) is 0 Å². The average Bonchev–Trinajstić information content (AvgIpc) is 2.46. The molecule has 1 aliphatic carbocycles. The van der Waals surface area contributed by atoms with E-state index >= 15 is 0 Å². The lowest BCUT2D eigenvalue weighted by Gasteiger charge is -2.30. The Labute approximate surface area is 113 Å². The number of primary amides is 1. The zero-order chi connectivity index (χ0) is 13.7. The van der Waals surface area contributed by atoms with E-state index in [0.29, 0.717) is 38.9 Å². The number of amides is 2. The molecule has 3 N–H and O–H groups in total. The van der Waals surface area contributed by atoms with Crippen LogP contribution in [0.2, 0.25) is 0 Å². The van der Waals surface area contributed by atoms with Gasteiger partial charge in [-0.05, 0) is 25.7 Å². The van der Waals surface area contributed by atoms with E-state index in [1.165, 1.54) is 0 Å². The molecule has 0 atom stereocenters. The molecule has 1 aliphatic heterocycles. The molecule has 0 unspecified atom stereocenters. The molecule has 1 heterocycles. The van der Waals surface area contributed by atoms with Gasteiger partial charge in [0, 0.05) is 25.0 Å². The van der Waals surface area contributed by atoms with Crippen LogP contribution < -0.4 is 11.1 Å². The van der Waals surface area contributed by atoms with E-state index in [0.717, 1.165) is 25.7 Å². The highest BCUT2D eigenvalue weighted by atomic mass is 16.5. The number of carbonyl (C=O) groups excluding carboxylic acids is 2. The van der Waals surface area contributed by atoms with Gasteiger partial charge in [0.15, 0.2) is 0 Å². The molecule has 108 valence electrons. The van der Waals surface area contributed by atoms with Crippen LogP contribution >= 0.6 is 0 Å². The van der Waals surface area contributed by atoms with Gasteiger partial charge in [0.1, 0.15) is 0 Å². The van der Waals surface area contributed by atoms with E-state index in [4.69, 9.17) is 10.5 Å². The Hall–Kier alpha value is -1.14. The van der Waals surface area contributed by atoms with Crippen molar-refractivity contribution in [2.75, 3.05) is 32.8 Å². The van der Waals surface area contributed by atoms with Gasteiger partial charge >= 0.3 is 0 Å². The van der Waals surface area contributed by atoms with E-state index < -0.39 is 0 Å². The molecule has 6 nitrogen and oxygen atoms in total. The Morgan fingerprint density at radius 2 is 1.79 bits per heavy atom. The van der Waals surface area contributed by atoms with E-state index in [9.17, 15) is 9.59 Å². The summed E-state index contributed by atoms with van der Waals surface area (Å²) < 4.78 is 5.22. The molecule has 0 aromatic heterocycles. The lowest BCUT2D eigenvalue weighted by molar-refractivity contribution is -0.134. The molecule has 0 aromatic rings. The van der Waals surface area contributed by atoms with Crippen LogP contribution in [0, 0.1) is 5.92 Å². The summed E-state index contributed by atoms with van der Waals surface area (Å²) in [5, 5.41) is 3.29. The zero-order valence-corrected chi connectivity index (χ0v) is 11.3. The van der Waals surface area contributed by atoms with Gasteiger partial charge < -0.3 is 20.7 Å². The third-order valence-corrected chi connectivity index (χ3v) is 4.04. The quantitative estimate of drug-likeness (QED) is 0.719. The highest BCUT2D eigenvalue weighted by Crippen LogP contribution is 2.23. The van der Waals surface area contributed by atoms with Crippen molar-refractivity contribution >= 4 is 11.8 Å². The number of rotatable bonds is 4. The third-order valence-electron chi connectivity index (χ3n) is 4.04. The van der Waals surface area contributed by atoms with Gasteiger partial charge in [-0.3, -0.25) is 9.59 Å². The molecule has 2 rings (SSSR count). The summed E-state index contributed by atoms with van der Waals surface area (Å²) in [6, 6.07) is 0.334. The van der Waals surface area contributed by atoms with Crippen molar-refractivity contribution in [1.29, 1.82) is 0 Å². The Kier molecular flexibility index (Phi) is 5.15. The van der Waals surface area contributed by atoms with Crippen molar-refractivity contribution in [2.24, 2.45) is 11.7 Å². The highest BCUT2D eigenvalue weighted by molar-refractivity contribution is 5.78. The fourth-order valence-corrected chi connectivity index (χ4v) is 2.74. The van der Waals surface area contributed by atoms with Crippen molar-refractivity contribution in [3.05, 3.63) is 0 Å². The van der Waals surface area contributed by atoms with Crippen LogP contribution in [-0.2, 0) is 14.3 Å². The maximum atomic E-state index is 11.9. The van der Waals surface area contributed by atoms with Crippen molar-refractivity contribution in [3.8, 4) is 0 Å². The maximum absolute atomic E-state index is 11.9. The maximum Gasteiger partial charge on any atom is 0.236 e. The molecule has 2 amide bonds. The van der Waals surface area contributed by atoms with Crippen LogP contribution in [0.4, 0.5) is 0 Å². The third kappa shape index (κ3) is 4.18. The minimum Gasteiger partial charge on any atom is -0.378 e. The fraction of sp³-hybridized carbons (Fsp3) is 0.846. The summed E-state index contributed by atoms with van der Waals surface area (Å²) in [5.41, 5.74) is 5.30. The van der Waals surface area contributed by atoms with Gasteiger partial charge in [-0.25, -0.2) is 0 Å². The van der Waals surface area contributed by atoms with Crippen LogP contribution in [0.3, 0.4) is 0 Å². The van der Waals surface area contributed by atoms with Crippen LogP contribution in [-0.4, -0.2) is 55.6 Å². The molecular weight excluding hydrogens is 246 g/mol. The lowest BCUT2D eigenvalue weighted by atomic mass is 9.85. The first kappa shape index (κ1) is 14.3. The first-order valence-corrected chi connectivity index (χ1v) is 7.05. The van der Waals surface area contributed by atoms with Crippen molar-refractivity contribution in [2.45, 2.75) is 31.7 Å². The first-order valence-electron chi connectivity index (χ1n) is 7.05. The predicted octanol–water partition coefficient (Wildman–Crippen LogP) is -0.521. The smallest absolute Gasteiger partial charge is 0.236 e. The van der Waals surface area contributed by atoms with Gasteiger partial charge in [-0.15, -0.1) is 0 Å². The van der Waals surface area contributed by atoms with Crippen LogP contribution in [0.25, 0.3) is 0 Å². The monoisotopic (exact) mass is 269 g/mol. The summed E-state index contributed by atoms with van der Waals surface area (Å²) >= 11 is 0. The molecule has 2 aliphatic rings. The number of morpholine rings is 1. The Morgan fingerprint density at radius 1 is 1.16 bits per heavy atom. The van der Waals surface area contributed by atoms with E-state index in [-0.39, 0.29) is 17.7 Å². The molecule has 6 heteroatoms. The summed E-state index contributed by atoms with van der Waals surface area (Å²) in [6.07, 6.45) is 3.51. The number of nitrogens with one attached hydrogen (secondary N) is 1. The molecule has 2 fully saturated rings. The second-order valence-electron chi connectivity index (χ2n) is 5.32. The van der Waals surface area contributed by atoms with Crippen molar-refractivity contribution in [1.82, 2.24) is 10.2 Å². The fourth-order valence-electron chi connectivity index (χ4n) is 2.74. The van der Waals surface area contributed by atoms with Gasteiger partial charge in [-0.1, -0.05) is 0 Å². The van der Waals surface area contributed by atoms with E-state index in [2.05, 4.69) is 5.32 Å². The summed E-state index contributed by atoms with van der Waals surface area (Å²) in [4.78, 5) is 24.8. The number of ether oxygens (including phenoxy) is 1. The van der Waals surface area contributed by atoms with E-state index in [1.807, 2.05) is 4.90 Å². The highest BCUT2D eigenvalue weighted by Gasteiger charge is 2.25. The second-order valence-corrected chi connectivity index (χ2v) is 5.32. The lowest BCUT2D eigenvalue weighted by Crippen LogP contribution is -2.47. The van der Waals surface area contributed by atoms with Crippen LogP contribution in [0.1, 0.15) is 25.7 Å². The normalized spacial score (nSPS) is 28.1. The average molecular weight is 269 g/mol. The predicted molar refractivity (Wildman–Crippen MR) is 70.3 cm³/mol. The SMILES string of the molecule is NC(=O)C1CCC(NCC(=O)N2CCOCC2)CC1. The molecule has 0 radical (unpaired) electrons. The number of hydrogen-bond acceptors (Lipinski definition) is 4. The largest absolute Gasteiger partial charge is 0.378 e. The molecule has 1 saturated heterocycles. The van der Waals surface area contributed by atoms with Crippen LogP contribution in [0.5, 0.6) is 0 Å². The van der Waals surface area contributed by atoms with E-state index in [1.54, 1.807) is 0 Å². The number of carbonyl (C=O) groups is 2. The Morgan fingerprint density at radius 3 is 2.37 bits per heavy atom. The number of nitrogens with two attached hydrogens (primary N) is 1. The standard InChI is InChI=1S/C13H23N3O3/c14-13(18)10-1-3-11(4-2-10)15-9-12(17)16-5-7-19-8-6-16/h10-11,15H,1-9H2,(H2,14,18). The summed E-state index contributed by atoms with van der Waals surface area (Å²) in [5.74, 6) is -0.0313. The van der Waals surface area contributed by atoms with Gasteiger partial charge in [-0.2, -0.15) is 0 Å². The van der Waals surface area contributed by atoms with Gasteiger partial charge in [0.25, 0.3) is 0 Å². The van der Waals surface area contributed by atoms with Gasteiger partial charge in [0.2, 0.25) is 11.8 Å². The first-order chi connectivity index (χ1) is 9.16. The molecule has 0 aromatic carbocycles. The minimum absolute atomic E-state index is 0.0213. The summed E-state index contributed by atoms with van der Waals surface area (Å²) in [7, 11) is 0. The molecule has 1 saturated carbocycles. The number of hydrogen-bond donors (Lipinski definition) is 2. The zero-order valence-electron chi connectivity index (χ0n) is 11.3. The second kappa shape index (κ2) is 6.86. The number of nitrogens with zero attached hydrogens (tertiary/aromatic N) is 1. The molecule has 0 bridgehead atoms. The van der Waals surface area contributed by atoms with Gasteiger partial charge in [0.05, 0.1) is 19.8 Å². The van der Waals surface area contributed by atoms with Crippen LogP contribution in [0.15, 0.2) is 0 Å². The minimum atomic E-state index is -0.192. The molecule has 19 heavy (non-hydrogen) atoms. The van der Waals surface area contributed by atoms with Crippen molar-refractivity contribution < 1.29 is 14.3 Å². The summed E-state index contributed by atoms with van der Waals surface area (Å²) in [6.45, 7) is 3.03. The molecular formula is C13H23N3O3. The Bertz CT molecular complexity index is 321.